The van der Waals surface area contributed by atoms with Crippen molar-refractivity contribution in [3.8, 4) is 0 Å². The summed E-state index contributed by atoms with van der Waals surface area (Å²) in [5, 5.41) is 0. The van der Waals surface area contributed by atoms with Gasteiger partial charge in [-0.1, -0.05) is 76.8 Å². The fourth-order valence-corrected chi connectivity index (χ4v) is 2.84. The van der Waals surface area contributed by atoms with E-state index in [-0.39, 0.29) is 0 Å². The highest BCUT2D eigenvalue weighted by molar-refractivity contribution is 6.00. The number of carbonyl (C=O) groups is 2. The van der Waals surface area contributed by atoms with Crippen molar-refractivity contribution in [3.05, 3.63) is 35.9 Å². The second-order valence-electron chi connectivity index (χ2n) is 6.83. The van der Waals surface area contributed by atoms with Crippen LogP contribution in [0.15, 0.2) is 30.3 Å². The summed E-state index contributed by atoms with van der Waals surface area (Å²) in [5.74, 6) is -0.880. The van der Waals surface area contributed by atoms with Crippen LogP contribution in [0.4, 0.5) is 0 Å². The minimum Gasteiger partial charge on any atom is -0.465 e. The third-order valence-corrected chi connectivity index (χ3v) is 4.55. The van der Waals surface area contributed by atoms with Crippen LogP contribution < -0.4 is 0 Å². The van der Waals surface area contributed by atoms with E-state index in [2.05, 4.69) is 6.92 Å². The lowest BCUT2D eigenvalue weighted by molar-refractivity contribution is -0.173. The van der Waals surface area contributed by atoms with Crippen molar-refractivity contribution < 1.29 is 19.1 Å². The van der Waals surface area contributed by atoms with Gasteiger partial charge >= 0.3 is 11.9 Å². The maximum Gasteiger partial charge on any atom is 0.323 e. The van der Waals surface area contributed by atoms with Crippen LogP contribution in [-0.2, 0) is 25.5 Å². The number of ether oxygens (including phenoxy) is 2. The molecule has 0 N–H and O–H groups in total. The lowest BCUT2D eigenvalue weighted by Gasteiger charge is -2.29. The average molecular weight is 363 g/mol. The zero-order valence-electron chi connectivity index (χ0n) is 16.6. The first-order valence-corrected chi connectivity index (χ1v) is 9.99. The van der Waals surface area contributed by atoms with E-state index in [0.717, 1.165) is 44.1 Å². The summed E-state index contributed by atoms with van der Waals surface area (Å²) < 4.78 is 11.0. The minimum atomic E-state index is -1.25. The van der Waals surface area contributed by atoms with E-state index in [9.17, 15) is 9.59 Å². The molecular weight excluding hydrogens is 328 g/mol. The second kappa shape index (κ2) is 12.5. The number of unbranched alkanes of at least 4 members (excludes halogenated alkanes) is 3. The minimum absolute atomic E-state index is 0.323. The Morgan fingerprint density at radius 2 is 1.31 bits per heavy atom. The van der Waals surface area contributed by atoms with Gasteiger partial charge in [0.05, 0.1) is 13.2 Å². The number of benzene rings is 1. The molecule has 1 aromatic carbocycles. The molecule has 0 fully saturated rings. The lowest BCUT2D eigenvalue weighted by Crippen LogP contribution is -2.44. The standard InChI is InChI=1S/C22H34O4/c1-4-7-15-22(20(23)25-16-8-5-2,21(24)26-17-9-6-3)18-19-13-11-10-12-14-19/h10-14H,4-9,15-18H2,1-3H3. The number of carbonyl (C=O) groups excluding carboxylic acids is 2. The van der Waals surface area contributed by atoms with Crippen molar-refractivity contribution in [1.82, 2.24) is 0 Å². The Morgan fingerprint density at radius 1 is 0.808 bits per heavy atom. The zero-order valence-corrected chi connectivity index (χ0v) is 16.6. The van der Waals surface area contributed by atoms with E-state index in [1.54, 1.807) is 0 Å². The molecule has 4 nitrogen and oxygen atoms in total. The predicted octanol–water partition coefficient (Wildman–Crippen LogP) is 5.09. The Bertz CT molecular complexity index is 502. The molecule has 0 spiro atoms. The third-order valence-electron chi connectivity index (χ3n) is 4.55. The van der Waals surface area contributed by atoms with Gasteiger partial charge in [0.25, 0.3) is 0 Å². The highest BCUT2D eigenvalue weighted by Crippen LogP contribution is 2.33. The molecule has 0 bridgehead atoms. The molecular formula is C22H34O4. The van der Waals surface area contributed by atoms with Crippen molar-refractivity contribution in [2.45, 2.75) is 72.1 Å². The zero-order chi connectivity index (χ0) is 19.3. The third kappa shape index (κ3) is 6.81. The van der Waals surface area contributed by atoms with Crippen molar-refractivity contribution >= 4 is 11.9 Å². The highest BCUT2D eigenvalue weighted by Gasteiger charge is 2.48. The normalized spacial score (nSPS) is 11.2. The molecule has 0 amide bonds. The first-order chi connectivity index (χ1) is 12.6. The quantitative estimate of drug-likeness (QED) is 0.278. The summed E-state index contributed by atoms with van der Waals surface area (Å²) in [6.07, 6.45) is 5.93. The molecule has 0 saturated carbocycles. The Morgan fingerprint density at radius 3 is 1.77 bits per heavy atom. The second-order valence-corrected chi connectivity index (χ2v) is 6.83. The highest BCUT2D eigenvalue weighted by atomic mass is 16.6. The first kappa shape index (κ1) is 22.2. The molecule has 4 heteroatoms. The van der Waals surface area contributed by atoms with Crippen molar-refractivity contribution in [3.63, 3.8) is 0 Å². The molecule has 146 valence electrons. The molecule has 0 radical (unpaired) electrons. The van der Waals surface area contributed by atoms with E-state index in [1.165, 1.54) is 0 Å². The van der Waals surface area contributed by atoms with Crippen LogP contribution in [-0.4, -0.2) is 25.2 Å². The van der Waals surface area contributed by atoms with Gasteiger partial charge in [-0.15, -0.1) is 0 Å². The molecule has 0 aliphatic heterocycles. The van der Waals surface area contributed by atoms with E-state index in [1.807, 2.05) is 44.2 Å². The number of hydrogen-bond acceptors (Lipinski definition) is 4. The lowest BCUT2D eigenvalue weighted by atomic mass is 9.77. The summed E-state index contributed by atoms with van der Waals surface area (Å²) in [4.78, 5) is 26.0. The maximum atomic E-state index is 13.0. The van der Waals surface area contributed by atoms with E-state index in [4.69, 9.17) is 9.47 Å². The molecule has 0 heterocycles. The van der Waals surface area contributed by atoms with Crippen LogP contribution >= 0.6 is 0 Å². The SMILES string of the molecule is CCCCOC(=O)C(CCCC)(Cc1ccccc1)C(=O)OCCCC. The van der Waals surface area contributed by atoms with E-state index < -0.39 is 17.4 Å². The average Bonchev–Trinajstić information content (AvgIpc) is 2.66. The topological polar surface area (TPSA) is 52.6 Å². The summed E-state index contributed by atoms with van der Waals surface area (Å²) in [6.45, 7) is 6.83. The van der Waals surface area contributed by atoms with Gasteiger partial charge < -0.3 is 9.47 Å². The number of rotatable bonds is 13. The van der Waals surface area contributed by atoms with Crippen LogP contribution in [0.1, 0.15) is 71.3 Å². The van der Waals surface area contributed by atoms with Gasteiger partial charge in [-0.3, -0.25) is 9.59 Å². The molecule has 0 aliphatic rings. The van der Waals surface area contributed by atoms with Gasteiger partial charge in [0.1, 0.15) is 0 Å². The fourth-order valence-electron chi connectivity index (χ4n) is 2.84. The largest absolute Gasteiger partial charge is 0.465 e. The molecule has 0 aromatic heterocycles. The van der Waals surface area contributed by atoms with Gasteiger partial charge in [-0.25, -0.2) is 0 Å². The Kier molecular flexibility index (Phi) is 10.7. The van der Waals surface area contributed by atoms with Crippen LogP contribution in [0.25, 0.3) is 0 Å². The Hall–Kier alpha value is -1.84. The fraction of sp³-hybridized carbons (Fsp3) is 0.636. The Balaban J connectivity index is 3.09. The molecule has 0 aliphatic carbocycles. The summed E-state index contributed by atoms with van der Waals surface area (Å²) in [5.41, 5.74) is -0.303. The van der Waals surface area contributed by atoms with E-state index >= 15 is 0 Å². The van der Waals surface area contributed by atoms with Crippen molar-refractivity contribution in [2.24, 2.45) is 5.41 Å². The molecule has 26 heavy (non-hydrogen) atoms. The van der Waals surface area contributed by atoms with Gasteiger partial charge in [0.2, 0.25) is 0 Å². The summed E-state index contributed by atoms with van der Waals surface area (Å²) >= 11 is 0. The van der Waals surface area contributed by atoms with Crippen LogP contribution in [0, 0.1) is 5.41 Å². The smallest absolute Gasteiger partial charge is 0.323 e. The molecule has 0 unspecified atom stereocenters. The first-order valence-electron chi connectivity index (χ1n) is 9.99. The predicted molar refractivity (Wildman–Crippen MR) is 104 cm³/mol. The van der Waals surface area contributed by atoms with Gasteiger partial charge in [-0.05, 0) is 31.2 Å². The number of hydrogen-bond donors (Lipinski definition) is 0. The Labute approximate surface area is 158 Å². The maximum absolute atomic E-state index is 13.0. The molecule has 1 aromatic rings. The van der Waals surface area contributed by atoms with Crippen molar-refractivity contribution in [2.75, 3.05) is 13.2 Å². The van der Waals surface area contributed by atoms with Crippen LogP contribution in [0.5, 0.6) is 0 Å². The number of esters is 2. The van der Waals surface area contributed by atoms with Crippen LogP contribution in [0.3, 0.4) is 0 Å². The van der Waals surface area contributed by atoms with Gasteiger partial charge in [0.15, 0.2) is 5.41 Å². The molecule has 0 saturated heterocycles. The van der Waals surface area contributed by atoms with Crippen molar-refractivity contribution in [1.29, 1.82) is 0 Å². The van der Waals surface area contributed by atoms with Crippen LogP contribution in [0.2, 0.25) is 0 Å². The van der Waals surface area contributed by atoms with E-state index in [0.29, 0.717) is 26.1 Å². The summed E-state index contributed by atoms with van der Waals surface area (Å²) in [7, 11) is 0. The van der Waals surface area contributed by atoms with Gasteiger partial charge in [-0.2, -0.15) is 0 Å². The summed E-state index contributed by atoms with van der Waals surface area (Å²) in [6, 6.07) is 9.66. The molecule has 0 atom stereocenters. The molecule has 1 rings (SSSR count). The van der Waals surface area contributed by atoms with Gasteiger partial charge in [0, 0.05) is 0 Å². The monoisotopic (exact) mass is 362 g/mol.